The molecule has 3 rings (SSSR count). The molecule has 6 heteroatoms. The van der Waals surface area contributed by atoms with Crippen LogP contribution in [0.5, 0.6) is 0 Å². The van der Waals surface area contributed by atoms with Crippen LogP contribution in [0.1, 0.15) is 31.7 Å². The number of carbonyl (C=O) groups is 2. The summed E-state index contributed by atoms with van der Waals surface area (Å²) in [5.41, 5.74) is 1.12. The molecule has 1 N–H and O–H groups in total. The van der Waals surface area contributed by atoms with Gasteiger partial charge < -0.3 is 10.2 Å². The molecule has 1 atom stereocenters. The second-order valence-corrected chi connectivity index (χ2v) is 7.70. The van der Waals surface area contributed by atoms with Crippen LogP contribution in [-0.4, -0.2) is 22.7 Å². The molecule has 1 saturated heterocycles. The minimum Gasteiger partial charge on any atom is -0.351 e. The number of carbonyl (C=O) groups excluding carboxylic acids is 2. The van der Waals surface area contributed by atoms with Gasteiger partial charge in [0.1, 0.15) is 4.33 Å². The Kier molecular flexibility index (Phi) is 3.86. The van der Waals surface area contributed by atoms with Crippen molar-refractivity contribution >= 4 is 40.7 Å². The fraction of sp³-hybridized carbons (Fsp3) is 0.500. The Labute approximate surface area is 139 Å². The fourth-order valence-corrected chi connectivity index (χ4v) is 3.49. The van der Waals surface area contributed by atoms with Gasteiger partial charge in [0, 0.05) is 25.2 Å². The molecule has 1 aromatic carbocycles. The number of halogens is 2. The normalized spacial score (nSPS) is 26.1. The molecule has 118 valence electrons. The van der Waals surface area contributed by atoms with Crippen molar-refractivity contribution in [2.75, 3.05) is 11.4 Å². The lowest BCUT2D eigenvalue weighted by atomic mass is 10.1. The molecule has 1 aliphatic heterocycles. The number of anilines is 1. The summed E-state index contributed by atoms with van der Waals surface area (Å²) in [6, 6.07) is 7.68. The first-order chi connectivity index (χ1) is 10.3. The summed E-state index contributed by atoms with van der Waals surface area (Å²) in [4.78, 5) is 25.7. The molecule has 2 fully saturated rings. The smallest absolute Gasteiger partial charge is 0.229 e. The van der Waals surface area contributed by atoms with Crippen molar-refractivity contribution in [1.82, 2.24) is 5.32 Å². The van der Waals surface area contributed by atoms with Crippen LogP contribution in [0, 0.1) is 5.41 Å². The van der Waals surface area contributed by atoms with E-state index in [-0.39, 0.29) is 11.8 Å². The maximum absolute atomic E-state index is 12.2. The van der Waals surface area contributed by atoms with E-state index in [4.69, 9.17) is 23.2 Å². The van der Waals surface area contributed by atoms with Gasteiger partial charge in [0.25, 0.3) is 0 Å². The lowest BCUT2D eigenvalue weighted by Gasteiger charge is -2.17. The standard InChI is InChI=1S/C16H18Cl2N2O2/c1-15(10-16(15,17)18)14(22)19-9-11-4-2-5-12(8-11)20-7-3-6-13(20)21/h2,4-5,8H,3,6-7,9-10H2,1H3,(H,19,22)/t15-/m1/s1. The van der Waals surface area contributed by atoms with E-state index in [1.54, 1.807) is 11.8 Å². The minimum absolute atomic E-state index is 0.139. The van der Waals surface area contributed by atoms with Crippen LogP contribution in [0.15, 0.2) is 24.3 Å². The van der Waals surface area contributed by atoms with Crippen LogP contribution >= 0.6 is 23.2 Å². The first-order valence-corrected chi connectivity index (χ1v) is 8.14. The lowest BCUT2D eigenvalue weighted by Crippen LogP contribution is -2.32. The van der Waals surface area contributed by atoms with Crippen molar-refractivity contribution in [1.29, 1.82) is 0 Å². The van der Waals surface area contributed by atoms with Crippen molar-refractivity contribution in [3.63, 3.8) is 0 Å². The molecule has 1 aliphatic carbocycles. The Morgan fingerprint density at radius 3 is 2.73 bits per heavy atom. The SMILES string of the molecule is C[C@]1(C(=O)NCc2cccc(N3CCCC3=O)c2)CC1(Cl)Cl. The van der Waals surface area contributed by atoms with E-state index in [9.17, 15) is 9.59 Å². The third-order valence-electron chi connectivity index (χ3n) is 4.51. The van der Waals surface area contributed by atoms with Gasteiger partial charge >= 0.3 is 0 Å². The first kappa shape index (κ1) is 15.6. The fourth-order valence-electron chi connectivity index (χ4n) is 2.78. The predicted molar refractivity (Wildman–Crippen MR) is 87.0 cm³/mol. The molecule has 22 heavy (non-hydrogen) atoms. The number of alkyl halides is 2. The van der Waals surface area contributed by atoms with Crippen LogP contribution in [0.3, 0.4) is 0 Å². The van der Waals surface area contributed by atoms with E-state index in [1.807, 2.05) is 24.3 Å². The van der Waals surface area contributed by atoms with Crippen LogP contribution in [0.4, 0.5) is 5.69 Å². The summed E-state index contributed by atoms with van der Waals surface area (Å²) in [6.07, 6.45) is 1.97. The zero-order chi connectivity index (χ0) is 16.0. The Morgan fingerprint density at radius 1 is 1.41 bits per heavy atom. The van der Waals surface area contributed by atoms with Crippen molar-refractivity contribution < 1.29 is 9.59 Å². The molecule has 2 aliphatic rings. The van der Waals surface area contributed by atoms with Crippen LogP contribution in [0.2, 0.25) is 0 Å². The van der Waals surface area contributed by atoms with E-state index in [0.717, 1.165) is 24.2 Å². The number of amides is 2. The molecular formula is C16H18Cl2N2O2. The van der Waals surface area contributed by atoms with Crippen molar-refractivity contribution in [3.8, 4) is 0 Å². The Balaban J connectivity index is 1.64. The maximum atomic E-state index is 12.2. The third kappa shape index (κ3) is 2.70. The number of nitrogens with one attached hydrogen (secondary N) is 1. The van der Waals surface area contributed by atoms with Gasteiger partial charge in [-0.3, -0.25) is 9.59 Å². The quantitative estimate of drug-likeness (QED) is 0.856. The predicted octanol–water partition coefficient (Wildman–Crippen LogP) is 3.01. The van der Waals surface area contributed by atoms with Gasteiger partial charge in [-0.25, -0.2) is 0 Å². The average molecular weight is 341 g/mol. The van der Waals surface area contributed by atoms with Crippen molar-refractivity contribution in [2.45, 2.75) is 37.1 Å². The molecule has 0 spiro atoms. The number of hydrogen-bond acceptors (Lipinski definition) is 2. The van der Waals surface area contributed by atoms with Crippen LogP contribution < -0.4 is 10.2 Å². The van der Waals surface area contributed by atoms with E-state index in [0.29, 0.717) is 19.4 Å². The highest BCUT2D eigenvalue weighted by molar-refractivity contribution is 6.53. The Hall–Kier alpha value is -1.26. The number of nitrogens with zero attached hydrogens (tertiary/aromatic N) is 1. The molecule has 1 saturated carbocycles. The Morgan fingerprint density at radius 2 is 2.14 bits per heavy atom. The lowest BCUT2D eigenvalue weighted by molar-refractivity contribution is -0.126. The van der Waals surface area contributed by atoms with Crippen molar-refractivity contribution in [3.05, 3.63) is 29.8 Å². The molecule has 0 bridgehead atoms. The molecule has 2 amide bonds. The number of hydrogen-bond donors (Lipinski definition) is 1. The van der Waals surface area contributed by atoms with E-state index >= 15 is 0 Å². The van der Waals surface area contributed by atoms with E-state index in [2.05, 4.69) is 5.32 Å². The average Bonchev–Trinajstić information content (AvgIpc) is 2.82. The third-order valence-corrected chi connectivity index (χ3v) is 5.61. The summed E-state index contributed by atoms with van der Waals surface area (Å²) in [5, 5.41) is 2.87. The van der Waals surface area contributed by atoms with Crippen LogP contribution in [0.25, 0.3) is 0 Å². The zero-order valence-corrected chi connectivity index (χ0v) is 13.9. The zero-order valence-electron chi connectivity index (χ0n) is 12.4. The van der Waals surface area contributed by atoms with Gasteiger partial charge in [-0.05, 0) is 37.5 Å². The second kappa shape index (κ2) is 5.43. The molecular weight excluding hydrogens is 323 g/mol. The van der Waals surface area contributed by atoms with Gasteiger partial charge in [0.15, 0.2) is 0 Å². The first-order valence-electron chi connectivity index (χ1n) is 7.39. The summed E-state index contributed by atoms with van der Waals surface area (Å²) >= 11 is 12.0. The Bertz CT molecular complexity index is 632. The van der Waals surface area contributed by atoms with Gasteiger partial charge in [-0.1, -0.05) is 12.1 Å². The highest BCUT2D eigenvalue weighted by atomic mass is 35.5. The molecule has 1 aromatic rings. The van der Waals surface area contributed by atoms with Gasteiger partial charge in [-0.15, -0.1) is 23.2 Å². The highest BCUT2D eigenvalue weighted by Gasteiger charge is 2.67. The van der Waals surface area contributed by atoms with Crippen molar-refractivity contribution in [2.24, 2.45) is 5.41 Å². The summed E-state index contributed by atoms with van der Waals surface area (Å²) in [5.74, 6) is 0.0147. The number of benzene rings is 1. The second-order valence-electron chi connectivity index (χ2n) is 6.21. The molecule has 1 heterocycles. The monoisotopic (exact) mass is 340 g/mol. The molecule has 0 unspecified atom stereocenters. The maximum Gasteiger partial charge on any atom is 0.229 e. The van der Waals surface area contributed by atoms with E-state index < -0.39 is 9.75 Å². The van der Waals surface area contributed by atoms with Crippen LogP contribution in [-0.2, 0) is 16.1 Å². The van der Waals surface area contributed by atoms with Gasteiger partial charge in [0.2, 0.25) is 11.8 Å². The molecule has 0 radical (unpaired) electrons. The van der Waals surface area contributed by atoms with E-state index in [1.165, 1.54) is 0 Å². The summed E-state index contributed by atoms with van der Waals surface area (Å²) < 4.78 is -0.957. The largest absolute Gasteiger partial charge is 0.351 e. The molecule has 0 aromatic heterocycles. The van der Waals surface area contributed by atoms with Gasteiger partial charge in [0.05, 0.1) is 5.41 Å². The summed E-state index contributed by atoms with van der Waals surface area (Å²) in [7, 11) is 0. The number of rotatable bonds is 4. The molecule has 4 nitrogen and oxygen atoms in total. The topological polar surface area (TPSA) is 49.4 Å². The minimum atomic E-state index is -0.957. The highest BCUT2D eigenvalue weighted by Crippen LogP contribution is 2.63. The van der Waals surface area contributed by atoms with Gasteiger partial charge in [-0.2, -0.15) is 0 Å². The summed E-state index contributed by atoms with van der Waals surface area (Å²) in [6.45, 7) is 2.92.